The minimum Gasteiger partial charge on any atom is -0.491 e. The van der Waals surface area contributed by atoms with E-state index in [-0.39, 0.29) is 18.4 Å². The standard InChI is InChI=1S/C24H32N2O3/c1-19(2)29-22-11-9-21(10-12-22)25(3)23(27)17-24(28)13-15-26(16-14-24)18-20-7-5-4-6-8-20/h4-12,19,28H,13-18H2,1-3H3. The van der Waals surface area contributed by atoms with Crippen molar-refractivity contribution < 1.29 is 14.6 Å². The van der Waals surface area contributed by atoms with Crippen molar-refractivity contribution in [2.75, 3.05) is 25.0 Å². The van der Waals surface area contributed by atoms with E-state index in [0.29, 0.717) is 12.8 Å². The van der Waals surface area contributed by atoms with Crippen molar-refractivity contribution in [1.82, 2.24) is 4.90 Å². The van der Waals surface area contributed by atoms with Crippen molar-refractivity contribution in [2.24, 2.45) is 0 Å². The van der Waals surface area contributed by atoms with Crippen LogP contribution in [0.25, 0.3) is 0 Å². The first kappa shape index (κ1) is 21.3. The molecular weight excluding hydrogens is 364 g/mol. The number of hydrogen-bond acceptors (Lipinski definition) is 4. The molecule has 156 valence electrons. The molecule has 1 aliphatic heterocycles. The number of likely N-dealkylation sites (tertiary alicyclic amines) is 1. The molecule has 0 spiro atoms. The molecule has 0 aromatic heterocycles. The first-order valence-corrected chi connectivity index (χ1v) is 10.4. The van der Waals surface area contributed by atoms with Crippen LogP contribution < -0.4 is 9.64 Å². The monoisotopic (exact) mass is 396 g/mol. The van der Waals surface area contributed by atoms with Crippen LogP contribution >= 0.6 is 0 Å². The number of rotatable bonds is 7. The van der Waals surface area contributed by atoms with Crippen LogP contribution in [0.5, 0.6) is 5.75 Å². The molecule has 5 heteroatoms. The molecule has 0 unspecified atom stereocenters. The van der Waals surface area contributed by atoms with Gasteiger partial charge in [0, 0.05) is 32.4 Å². The Morgan fingerprint density at radius 1 is 1.10 bits per heavy atom. The van der Waals surface area contributed by atoms with Crippen molar-refractivity contribution in [3.63, 3.8) is 0 Å². The minimum absolute atomic E-state index is 0.0680. The van der Waals surface area contributed by atoms with E-state index in [0.717, 1.165) is 31.1 Å². The predicted molar refractivity (Wildman–Crippen MR) is 116 cm³/mol. The number of nitrogens with zero attached hydrogens (tertiary/aromatic N) is 2. The van der Waals surface area contributed by atoms with Crippen molar-refractivity contribution in [1.29, 1.82) is 0 Å². The van der Waals surface area contributed by atoms with Gasteiger partial charge in [-0.1, -0.05) is 30.3 Å². The van der Waals surface area contributed by atoms with Crippen LogP contribution in [0.1, 0.15) is 38.7 Å². The fourth-order valence-corrected chi connectivity index (χ4v) is 3.71. The summed E-state index contributed by atoms with van der Waals surface area (Å²) < 4.78 is 5.65. The van der Waals surface area contributed by atoms with Crippen LogP contribution in [0, 0.1) is 0 Å². The topological polar surface area (TPSA) is 53.0 Å². The third-order valence-corrected chi connectivity index (χ3v) is 5.49. The summed E-state index contributed by atoms with van der Waals surface area (Å²) in [6, 6.07) is 17.9. The van der Waals surface area contributed by atoms with Crippen LogP contribution in [0.15, 0.2) is 54.6 Å². The number of aliphatic hydroxyl groups is 1. The quantitative estimate of drug-likeness (QED) is 0.772. The van der Waals surface area contributed by atoms with E-state index in [1.165, 1.54) is 5.56 Å². The summed E-state index contributed by atoms with van der Waals surface area (Å²) >= 11 is 0. The van der Waals surface area contributed by atoms with Crippen LogP contribution in [-0.2, 0) is 11.3 Å². The van der Waals surface area contributed by atoms with E-state index in [9.17, 15) is 9.90 Å². The maximum atomic E-state index is 12.8. The van der Waals surface area contributed by atoms with Gasteiger partial charge in [0.2, 0.25) is 5.91 Å². The van der Waals surface area contributed by atoms with Gasteiger partial charge in [-0.3, -0.25) is 9.69 Å². The molecule has 0 aliphatic carbocycles. The van der Waals surface area contributed by atoms with Gasteiger partial charge in [-0.15, -0.1) is 0 Å². The lowest BCUT2D eigenvalue weighted by atomic mass is 9.87. The molecular formula is C24H32N2O3. The Balaban J connectivity index is 1.52. The number of amides is 1. The maximum Gasteiger partial charge on any atom is 0.229 e. The second-order valence-electron chi connectivity index (χ2n) is 8.28. The molecule has 29 heavy (non-hydrogen) atoms. The molecule has 1 N–H and O–H groups in total. The molecule has 1 saturated heterocycles. The molecule has 0 radical (unpaired) electrons. The molecule has 2 aromatic rings. The Kier molecular flexibility index (Phi) is 6.93. The van der Waals surface area contributed by atoms with Crippen LogP contribution in [0.4, 0.5) is 5.69 Å². The van der Waals surface area contributed by atoms with Crippen molar-refractivity contribution in [3.8, 4) is 5.75 Å². The first-order valence-electron chi connectivity index (χ1n) is 10.4. The molecule has 1 fully saturated rings. The smallest absolute Gasteiger partial charge is 0.229 e. The Morgan fingerprint density at radius 3 is 2.31 bits per heavy atom. The fraction of sp³-hybridized carbons (Fsp3) is 0.458. The number of anilines is 1. The fourth-order valence-electron chi connectivity index (χ4n) is 3.71. The Morgan fingerprint density at radius 2 is 1.72 bits per heavy atom. The van der Waals surface area contributed by atoms with Gasteiger partial charge in [-0.2, -0.15) is 0 Å². The Hall–Kier alpha value is -2.37. The summed E-state index contributed by atoms with van der Waals surface area (Å²) in [4.78, 5) is 16.7. The zero-order chi connectivity index (χ0) is 20.9. The van der Waals surface area contributed by atoms with E-state index in [4.69, 9.17) is 4.74 Å². The van der Waals surface area contributed by atoms with E-state index < -0.39 is 5.60 Å². The van der Waals surface area contributed by atoms with Gasteiger partial charge in [0.1, 0.15) is 5.75 Å². The number of carbonyl (C=O) groups is 1. The van der Waals surface area contributed by atoms with Crippen LogP contribution in [0.3, 0.4) is 0 Å². The van der Waals surface area contributed by atoms with Gasteiger partial charge >= 0.3 is 0 Å². The van der Waals surface area contributed by atoms with E-state index in [1.807, 2.05) is 56.3 Å². The predicted octanol–water partition coefficient (Wildman–Crippen LogP) is 3.85. The van der Waals surface area contributed by atoms with Crippen molar-refractivity contribution in [3.05, 3.63) is 60.2 Å². The van der Waals surface area contributed by atoms with Gasteiger partial charge in [0.15, 0.2) is 0 Å². The average molecular weight is 397 g/mol. The number of hydrogen-bond donors (Lipinski definition) is 1. The number of piperidine rings is 1. The first-order chi connectivity index (χ1) is 13.8. The lowest BCUT2D eigenvalue weighted by Gasteiger charge is -2.38. The Bertz CT molecular complexity index is 782. The summed E-state index contributed by atoms with van der Waals surface area (Å²) in [6.07, 6.45) is 1.48. The normalized spacial score (nSPS) is 16.6. The summed E-state index contributed by atoms with van der Waals surface area (Å²) in [5.41, 5.74) is 1.15. The Labute approximate surface area is 173 Å². The highest BCUT2D eigenvalue weighted by Gasteiger charge is 2.35. The van der Waals surface area contributed by atoms with Gasteiger partial charge < -0.3 is 14.7 Å². The molecule has 3 rings (SSSR count). The van der Waals surface area contributed by atoms with E-state index >= 15 is 0 Å². The molecule has 5 nitrogen and oxygen atoms in total. The van der Waals surface area contributed by atoms with E-state index in [1.54, 1.807) is 11.9 Å². The van der Waals surface area contributed by atoms with Gasteiger partial charge in [-0.05, 0) is 56.5 Å². The third kappa shape index (κ3) is 6.05. The van der Waals surface area contributed by atoms with Gasteiger partial charge in [0.05, 0.1) is 18.1 Å². The molecule has 1 amide bonds. The highest BCUT2D eigenvalue weighted by molar-refractivity contribution is 5.93. The SMILES string of the molecule is CC(C)Oc1ccc(N(C)C(=O)CC2(O)CCN(Cc3ccccc3)CC2)cc1. The molecule has 0 saturated carbocycles. The van der Waals surface area contributed by atoms with Crippen molar-refractivity contribution >= 4 is 11.6 Å². The lowest BCUT2D eigenvalue weighted by Crippen LogP contribution is -2.47. The lowest BCUT2D eigenvalue weighted by molar-refractivity contribution is -0.125. The second-order valence-corrected chi connectivity index (χ2v) is 8.28. The average Bonchev–Trinajstić information content (AvgIpc) is 2.70. The summed E-state index contributed by atoms with van der Waals surface area (Å²) in [5.74, 6) is 0.718. The third-order valence-electron chi connectivity index (χ3n) is 5.49. The van der Waals surface area contributed by atoms with Crippen LogP contribution in [0.2, 0.25) is 0 Å². The minimum atomic E-state index is -0.931. The second kappa shape index (κ2) is 9.42. The molecule has 0 bridgehead atoms. The molecule has 0 atom stereocenters. The summed E-state index contributed by atoms with van der Waals surface area (Å²) in [6.45, 7) is 6.44. The highest BCUT2D eigenvalue weighted by atomic mass is 16.5. The molecule has 1 aliphatic rings. The number of benzene rings is 2. The van der Waals surface area contributed by atoms with E-state index in [2.05, 4.69) is 17.0 Å². The van der Waals surface area contributed by atoms with Crippen LogP contribution in [-0.4, -0.2) is 47.8 Å². The highest BCUT2D eigenvalue weighted by Crippen LogP contribution is 2.28. The number of ether oxygens (including phenoxy) is 1. The maximum absolute atomic E-state index is 12.8. The van der Waals surface area contributed by atoms with Gasteiger partial charge in [0.25, 0.3) is 0 Å². The zero-order valence-electron chi connectivity index (χ0n) is 17.7. The molecule has 2 aromatic carbocycles. The summed E-state index contributed by atoms with van der Waals surface area (Å²) in [7, 11) is 1.76. The number of carbonyl (C=O) groups excluding carboxylic acids is 1. The van der Waals surface area contributed by atoms with Crippen molar-refractivity contribution in [2.45, 2.75) is 51.4 Å². The summed E-state index contributed by atoms with van der Waals surface area (Å²) in [5, 5.41) is 11.0. The largest absolute Gasteiger partial charge is 0.491 e. The zero-order valence-corrected chi connectivity index (χ0v) is 17.7. The molecule has 1 heterocycles. The van der Waals surface area contributed by atoms with Gasteiger partial charge in [-0.25, -0.2) is 0 Å².